The number of carbonyl (C=O) groups is 2. The largest absolute Gasteiger partial charge is 0.294 e. The molecule has 0 saturated heterocycles. The van der Waals surface area contributed by atoms with Gasteiger partial charge in [0.05, 0.1) is 5.57 Å². The molecule has 0 N–H and O–H groups in total. The quantitative estimate of drug-likeness (QED) is 0.362. The van der Waals surface area contributed by atoms with E-state index in [0.29, 0.717) is 18.4 Å². The summed E-state index contributed by atoms with van der Waals surface area (Å²) in [5.41, 5.74) is 0.269. The highest BCUT2D eigenvalue weighted by Crippen LogP contribution is 2.43. The number of hydrogen-bond acceptors (Lipinski definition) is 2. The fraction of sp³-hybridized carbons (Fsp3) is 0.778. The minimum Gasteiger partial charge on any atom is -0.294 e. The van der Waals surface area contributed by atoms with E-state index in [1.165, 1.54) is 25.7 Å². The zero-order chi connectivity index (χ0) is 15.0. The molecule has 1 aliphatic carbocycles. The highest BCUT2D eigenvalue weighted by atomic mass is 16.1. The molecule has 1 saturated carbocycles. The molecule has 0 atom stereocenters. The Labute approximate surface area is 124 Å². The molecular weight excluding hydrogens is 248 g/mol. The number of carbonyl (C=O) groups excluding carboxylic acids is 2. The van der Waals surface area contributed by atoms with E-state index >= 15 is 0 Å². The minimum atomic E-state index is -0.0567. The molecule has 0 bridgehead atoms. The first-order chi connectivity index (χ1) is 9.58. The molecule has 1 rings (SSSR count). The Morgan fingerprint density at radius 2 is 1.35 bits per heavy atom. The van der Waals surface area contributed by atoms with Gasteiger partial charge in [-0.3, -0.25) is 9.59 Å². The highest BCUT2D eigenvalue weighted by molar-refractivity contribution is 6.21. The van der Waals surface area contributed by atoms with Crippen LogP contribution in [0.2, 0.25) is 0 Å². The van der Waals surface area contributed by atoms with E-state index in [1.807, 2.05) is 0 Å². The van der Waals surface area contributed by atoms with Crippen molar-refractivity contribution in [2.24, 2.45) is 5.41 Å². The molecule has 20 heavy (non-hydrogen) atoms. The minimum absolute atomic E-state index is 0.0248. The Balaban J connectivity index is 2.77. The van der Waals surface area contributed by atoms with Crippen LogP contribution in [0, 0.1) is 11.5 Å². The van der Waals surface area contributed by atoms with Gasteiger partial charge < -0.3 is 0 Å². The van der Waals surface area contributed by atoms with Crippen LogP contribution in [0.5, 0.6) is 0 Å². The van der Waals surface area contributed by atoms with Crippen molar-refractivity contribution in [2.45, 2.75) is 85.0 Å². The Morgan fingerprint density at radius 3 is 1.70 bits per heavy atom. The first kappa shape index (κ1) is 17.1. The highest BCUT2D eigenvalue weighted by Gasteiger charge is 2.40. The van der Waals surface area contributed by atoms with E-state index in [9.17, 15) is 9.59 Å². The third-order valence-corrected chi connectivity index (χ3v) is 4.50. The maximum Gasteiger partial charge on any atom is 0.167 e. The van der Waals surface area contributed by atoms with Gasteiger partial charge in [0.25, 0.3) is 0 Å². The molecule has 0 aromatic rings. The second-order valence-corrected chi connectivity index (χ2v) is 6.24. The molecule has 0 amide bonds. The third kappa shape index (κ3) is 4.57. The normalized spacial score (nSPS) is 18.4. The summed E-state index contributed by atoms with van der Waals surface area (Å²) in [7, 11) is 0. The van der Waals surface area contributed by atoms with Gasteiger partial charge in [0.1, 0.15) is 0 Å². The zero-order valence-corrected chi connectivity index (χ0v) is 13.4. The molecule has 1 radical (unpaired) electrons. The SMILES string of the molecule is C[C]=C1C(=O)CC(CCCCC)(CCCCC)CC1=O. The van der Waals surface area contributed by atoms with Crippen molar-refractivity contribution < 1.29 is 9.59 Å². The standard InChI is InChI=1S/C18H29O2/c1-4-7-9-11-18(12-10-8-5-2)13-16(19)15(6-3)17(20)14-18/h4-5,7-14H2,1-3H3. The summed E-state index contributed by atoms with van der Waals surface area (Å²) >= 11 is 0. The predicted molar refractivity (Wildman–Crippen MR) is 82.4 cm³/mol. The Bertz CT molecular complexity index is 334. The van der Waals surface area contributed by atoms with E-state index in [4.69, 9.17) is 0 Å². The number of allylic oxidation sites excluding steroid dienone is 2. The van der Waals surface area contributed by atoms with Crippen molar-refractivity contribution >= 4 is 11.6 Å². The molecular formula is C18H29O2. The van der Waals surface area contributed by atoms with E-state index in [1.54, 1.807) is 6.92 Å². The van der Waals surface area contributed by atoms with Crippen LogP contribution in [0.25, 0.3) is 0 Å². The lowest BCUT2D eigenvalue weighted by molar-refractivity contribution is -0.129. The molecule has 1 aliphatic rings. The molecule has 0 aromatic carbocycles. The molecule has 0 unspecified atom stereocenters. The molecule has 0 heterocycles. The smallest absolute Gasteiger partial charge is 0.167 e. The Kier molecular flexibility index (Phi) is 7.18. The van der Waals surface area contributed by atoms with E-state index < -0.39 is 0 Å². The van der Waals surface area contributed by atoms with Crippen molar-refractivity contribution in [2.75, 3.05) is 0 Å². The summed E-state index contributed by atoms with van der Waals surface area (Å²) in [4.78, 5) is 24.4. The summed E-state index contributed by atoms with van der Waals surface area (Å²) in [6.07, 6.45) is 13.0. The van der Waals surface area contributed by atoms with Crippen molar-refractivity contribution in [1.29, 1.82) is 0 Å². The first-order valence-corrected chi connectivity index (χ1v) is 8.19. The van der Waals surface area contributed by atoms with Crippen LogP contribution in [0.3, 0.4) is 0 Å². The fourth-order valence-electron chi connectivity index (χ4n) is 3.33. The second-order valence-electron chi connectivity index (χ2n) is 6.24. The van der Waals surface area contributed by atoms with Crippen molar-refractivity contribution in [3.05, 3.63) is 11.6 Å². The first-order valence-electron chi connectivity index (χ1n) is 8.19. The van der Waals surface area contributed by atoms with Gasteiger partial charge in [-0.2, -0.15) is 0 Å². The van der Waals surface area contributed by atoms with Crippen molar-refractivity contribution in [3.63, 3.8) is 0 Å². The van der Waals surface area contributed by atoms with Gasteiger partial charge in [0.2, 0.25) is 0 Å². The van der Waals surface area contributed by atoms with Crippen LogP contribution in [-0.4, -0.2) is 11.6 Å². The Hall–Kier alpha value is -0.920. The molecule has 0 aliphatic heterocycles. The fourth-order valence-corrected chi connectivity index (χ4v) is 3.33. The van der Waals surface area contributed by atoms with Crippen LogP contribution in [0.15, 0.2) is 5.57 Å². The molecule has 2 nitrogen and oxygen atoms in total. The average molecular weight is 277 g/mol. The summed E-state index contributed by atoms with van der Waals surface area (Å²) in [6.45, 7) is 6.05. The van der Waals surface area contributed by atoms with E-state index in [-0.39, 0.29) is 17.0 Å². The van der Waals surface area contributed by atoms with Crippen LogP contribution in [-0.2, 0) is 9.59 Å². The number of ketones is 2. The second kappa shape index (κ2) is 8.39. The predicted octanol–water partition coefficient (Wildman–Crippen LogP) is 4.81. The molecule has 0 spiro atoms. The Morgan fingerprint density at radius 1 is 0.900 bits per heavy atom. The van der Waals surface area contributed by atoms with Crippen LogP contribution < -0.4 is 0 Å². The van der Waals surface area contributed by atoms with Crippen LogP contribution in [0.4, 0.5) is 0 Å². The summed E-state index contributed by atoms with van der Waals surface area (Å²) in [5, 5.41) is 0. The molecule has 1 fully saturated rings. The van der Waals surface area contributed by atoms with Gasteiger partial charge in [0.15, 0.2) is 11.6 Å². The summed E-state index contributed by atoms with van der Waals surface area (Å²) in [6, 6.07) is 0. The number of hydrogen-bond donors (Lipinski definition) is 0. The van der Waals surface area contributed by atoms with Crippen molar-refractivity contribution in [3.8, 4) is 0 Å². The average Bonchev–Trinajstić information content (AvgIpc) is 2.39. The monoisotopic (exact) mass is 277 g/mol. The van der Waals surface area contributed by atoms with Gasteiger partial charge in [-0.05, 0) is 31.3 Å². The molecule has 0 aromatic heterocycles. The third-order valence-electron chi connectivity index (χ3n) is 4.50. The summed E-state index contributed by atoms with van der Waals surface area (Å²) in [5.74, 6) is 0.0495. The van der Waals surface area contributed by atoms with Gasteiger partial charge >= 0.3 is 0 Å². The lowest BCUT2D eigenvalue weighted by Crippen LogP contribution is -2.36. The van der Waals surface area contributed by atoms with Crippen molar-refractivity contribution in [1.82, 2.24) is 0 Å². The zero-order valence-electron chi connectivity index (χ0n) is 13.4. The van der Waals surface area contributed by atoms with Crippen LogP contribution >= 0.6 is 0 Å². The van der Waals surface area contributed by atoms with Gasteiger partial charge in [0, 0.05) is 12.8 Å². The van der Waals surface area contributed by atoms with Gasteiger partial charge in [-0.1, -0.05) is 52.4 Å². The van der Waals surface area contributed by atoms with Gasteiger partial charge in [-0.25, -0.2) is 0 Å². The van der Waals surface area contributed by atoms with E-state index in [2.05, 4.69) is 19.9 Å². The van der Waals surface area contributed by atoms with Gasteiger partial charge in [-0.15, -0.1) is 0 Å². The lowest BCUT2D eigenvalue weighted by Gasteiger charge is -2.37. The topological polar surface area (TPSA) is 34.1 Å². The maximum atomic E-state index is 12.2. The molecule has 113 valence electrons. The number of unbranched alkanes of at least 4 members (excludes halogenated alkanes) is 4. The number of rotatable bonds is 8. The van der Waals surface area contributed by atoms with E-state index in [0.717, 1.165) is 25.7 Å². The maximum absolute atomic E-state index is 12.2. The number of Topliss-reactive ketones (excluding diaryl/α,β-unsaturated/α-hetero) is 2. The van der Waals surface area contributed by atoms with Crippen LogP contribution in [0.1, 0.15) is 85.0 Å². The lowest BCUT2D eigenvalue weighted by atomic mass is 9.66. The summed E-state index contributed by atoms with van der Waals surface area (Å²) < 4.78 is 0. The molecule has 2 heteroatoms.